The van der Waals surface area contributed by atoms with Crippen LogP contribution < -0.4 is 10.2 Å². The number of aromatic nitrogens is 1. The predicted molar refractivity (Wildman–Crippen MR) is 143 cm³/mol. The van der Waals surface area contributed by atoms with E-state index >= 15 is 0 Å². The molecule has 3 aromatic carbocycles. The van der Waals surface area contributed by atoms with Gasteiger partial charge >= 0.3 is 0 Å². The average molecular weight is 486 g/mol. The Hall–Kier alpha value is -3.70. The van der Waals surface area contributed by atoms with E-state index in [2.05, 4.69) is 29.6 Å². The first-order valence-electron chi connectivity index (χ1n) is 11.6. The van der Waals surface area contributed by atoms with Crippen LogP contribution in [0.3, 0.4) is 0 Å². The highest BCUT2D eigenvalue weighted by Crippen LogP contribution is 2.29. The lowest BCUT2D eigenvalue weighted by molar-refractivity contribution is 0.0956. The van der Waals surface area contributed by atoms with Crippen LogP contribution in [0.5, 0.6) is 5.75 Å². The Morgan fingerprint density at radius 3 is 2.43 bits per heavy atom. The Morgan fingerprint density at radius 1 is 1.03 bits per heavy atom. The van der Waals surface area contributed by atoms with Gasteiger partial charge < -0.3 is 4.74 Å². The molecule has 35 heavy (non-hydrogen) atoms. The van der Waals surface area contributed by atoms with Gasteiger partial charge in [-0.3, -0.25) is 4.79 Å². The summed E-state index contributed by atoms with van der Waals surface area (Å²) in [6.45, 7) is 4.02. The van der Waals surface area contributed by atoms with Gasteiger partial charge in [-0.1, -0.05) is 67.1 Å². The molecule has 0 saturated carbocycles. The van der Waals surface area contributed by atoms with Crippen LogP contribution >= 0.6 is 11.6 Å². The van der Waals surface area contributed by atoms with Gasteiger partial charge in [-0.15, -0.1) is 0 Å². The quantitative estimate of drug-likeness (QED) is 0.219. The van der Waals surface area contributed by atoms with Gasteiger partial charge in [0, 0.05) is 16.7 Å². The highest BCUT2D eigenvalue weighted by Gasteiger charge is 2.15. The summed E-state index contributed by atoms with van der Waals surface area (Å²) in [5.74, 6) is 0.534. The van der Waals surface area contributed by atoms with Crippen molar-refractivity contribution in [3.8, 4) is 17.0 Å². The maximum Gasteiger partial charge on any atom is 0.272 e. The van der Waals surface area contributed by atoms with E-state index in [0.29, 0.717) is 27.2 Å². The molecule has 1 heterocycles. The first-order chi connectivity index (χ1) is 17.0. The molecule has 0 unspecified atom stereocenters. The molecule has 178 valence electrons. The van der Waals surface area contributed by atoms with Gasteiger partial charge in [0.1, 0.15) is 5.75 Å². The SMILES string of the molecule is CCc1ccc(-c2cc(C(=O)N/N=C(/C)CCc3ccc(OC)cc3)c3cccc(Cl)c3n2)cc1. The second-order valence-corrected chi connectivity index (χ2v) is 8.78. The first-order valence-corrected chi connectivity index (χ1v) is 12.0. The number of hydrazone groups is 1. The number of methoxy groups -OCH3 is 1. The third kappa shape index (κ3) is 5.87. The van der Waals surface area contributed by atoms with Crippen molar-refractivity contribution in [1.29, 1.82) is 0 Å². The summed E-state index contributed by atoms with van der Waals surface area (Å²) < 4.78 is 5.20. The topological polar surface area (TPSA) is 63.6 Å². The van der Waals surface area contributed by atoms with Gasteiger partial charge in [0.25, 0.3) is 5.91 Å². The lowest BCUT2D eigenvalue weighted by Gasteiger charge is -2.11. The van der Waals surface area contributed by atoms with E-state index in [0.717, 1.165) is 36.3 Å². The van der Waals surface area contributed by atoms with Crippen LogP contribution in [-0.2, 0) is 12.8 Å². The Balaban J connectivity index is 1.56. The molecular formula is C29H28ClN3O2. The molecule has 6 heteroatoms. The molecule has 1 aromatic heterocycles. The minimum absolute atomic E-state index is 0.296. The number of nitrogens with zero attached hydrogens (tertiary/aromatic N) is 2. The van der Waals surface area contributed by atoms with Gasteiger partial charge in [0.15, 0.2) is 0 Å². The molecule has 0 aliphatic rings. The van der Waals surface area contributed by atoms with E-state index in [1.54, 1.807) is 19.2 Å². The van der Waals surface area contributed by atoms with Gasteiger partial charge in [-0.25, -0.2) is 10.4 Å². The molecule has 1 N–H and O–H groups in total. The number of hydrogen-bond acceptors (Lipinski definition) is 4. The Labute approximate surface area is 210 Å². The molecule has 4 rings (SSSR count). The van der Waals surface area contributed by atoms with Crippen LogP contribution in [-0.4, -0.2) is 23.7 Å². The number of carbonyl (C=O) groups excluding carboxylic acids is 1. The number of amides is 1. The van der Waals surface area contributed by atoms with E-state index in [1.165, 1.54) is 11.1 Å². The molecule has 4 aromatic rings. The molecule has 0 fully saturated rings. The van der Waals surface area contributed by atoms with Gasteiger partial charge in [0.05, 0.1) is 28.9 Å². The Kier molecular flexibility index (Phi) is 7.78. The van der Waals surface area contributed by atoms with Crippen LogP contribution in [0.2, 0.25) is 5.02 Å². The highest BCUT2D eigenvalue weighted by molar-refractivity contribution is 6.35. The van der Waals surface area contributed by atoms with E-state index in [1.807, 2.05) is 55.5 Å². The third-order valence-electron chi connectivity index (χ3n) is 5.98. The van der Waals surface area contributed by atoms with Crippen molar-refractivity contribution >= 4 is 34.1 Å². The number of fused-ring (bicyclic) bond motifs is 1. The average Bonchev–Trinajstić information content (AvgIpc) is 2.90. The van der Waals surface area contributed by atoms with Crippen molar-refractivity contribution in [3.05, 3.63) is 94.5 Å². The monoisotopic (exact) mass is 485 g/mol. The molecule has 1 amide bonds. The molecule has 0 aliphatic heterocycles. The summed E-state index contributed by atoms with van der Waals surface area (Å²) >= 11 is 6.46. The summed E-state index contributed by atoms with van der Waals surface area (Å²) in [6.07, 6.45) is 2.51. The number of benzene rings is 3. The zero-order valence-corrected chi connectivity index (χ0v) is 20.9. The van der Waals surface area contributed by atoms with Crippen molar-refractivity contribution in [3.63, 3.8) is 0 Å². The van der Waals surface area contributed by atoms with Gasteiger partial charge in [-0.2, -0.15) is 5.10 Å². The summed E-state index contributed by atoms with van der Waals surface area (Å²) in [7, 11) is 1.65. The van der Waals surface area contributed by atoms with Crippen LogP contribution in [0.25, 0.3) is 22.2 Å². The molecule has 0 spiro atoms. The summed E-state index contributed by atoms with van der Waals surface area (Å²) in [4.78, 5) is 18.0. The summed E-state index contributed by atoms with van der Waals surface area (Å²) in [5.41, 5.74) is 8.68. The fourth-order valence-corrected chi connectivity index (χ4v) is 4.06. The van der Waals surface area contributed by atoms with E-state index in [-0.39, 0.29) is 5.91 Å². The number of aryl methyl sites for hydroxylation is 2. The lowest BCUT2D eigenvalue weighted by atomic mass is 10.0. The van der Waals surface area contributed by atoms with Crippen LogP contribution in [0.4, 0.5) is 0 Å². The van der Waals surface area contributed by atoms with Crippen LogP contribution in [0.1, 0.15) is 41.8 Å². The molecule has 0 bridgehead atoms. The van der Waals surface area contributed by atoms with E-state index in [9.17, 15) is 4.79 Å². The van der Waals surface area contributed by atoms with E-state index in [4.69, 9.17) is 21.3 Å². The fourth-order valence-electron chi connectivity index (χ4n) is 3.84. The molecule has 0 aliphatic carbocycles. The van der Waals surface area contributed by atoms with Crippen LogP contribution in [0.15, 0.2) is 77.9 Å². The lowest BCUT2D eigenvalue weighted by Crippen LogP contribution is -2.20. The number of rotatable bonds is 8. The van der Waals surface area contributed by atoms with Crippen molar-refractivity contribution in [1.82, 2.24) is 10.4 Å². The summed E-state index contributed by atoms with van der Waals surface area (Å²) in [5, 5.41) is 5.53. The van der Waals surface area contributed by atoms with Crippen LogP contribution in [0, 0.1) is 0 Å². The first kappa shape index (κ1) is 24.4. The molecule has 0 atom stereocenters. The second-order valence-electron chi connectivity index (χ2n) is 8.38. The minimum atomic E-state index is -0.296. The molecule has 0 radical (unpaired) electrons. The van der Waals surface area contributed by atoms with E-state index < -0.39 is 0 Å². The molecular weight excluding hydrogens is 458 g/mol. The smallest absolute Gasteiger partial charge is 0.272 e. The minimum Gasteiger partial charge on any atom is -0.497 e. The van der Waals surface area contributed by atoms with Crippen molar-refractivity contribution in [2.45, 2.75) is 33.1 Å². The zero-order valence-electron chi connectivity index (χ0n) is 20.1. The fraction of sp³-hybridized carbons (Fsp3) is 0.207. The third-order valence-corrected chi connectivity index (χ3v) is 6.28. The number of nitrogens with one attached hydrogen (secondary N) is 1. The standard InChI is InChI=1S/C29H28ClN3O2/c1-4-20-10-14-22(15-11-20)27-18-25(24-6-5-7-26(30)28(24)31-27)29(34)33-32-19(2)8-9-21-12-16-23(35-3)17-13-21/h5-7,10-18H,4,8-9H2,1-3H3,(H,33,34)/b32-19-. The number of carbonyl (C=O) groups is 1. The summed E-state index contributed by atoms with van der Waals surface area (Å²) in [6, 6.07) is 23.4. The Bertz CT molecular complexity index is 1360. The number of ether oxygens (including phenoxy) is 1. The maximum absolute atomic E-state index is 13.2. The molecule has 5 nitrogen and oxygen atoms in total. The number of para-hydroxylation sites is 1. The van der Waals surface area contributed by atoms with Crippen molar-refractivity contribution in [2.24, 2.45) is 5.10 Å². The van der Waals surface area contributed by atoms with Crippen molar-refractivity contribution < 1.29 is 9.53 Å². The largest absolute Gasteiger partial charge is 0.497 e. The zero-order chi connectivity index (χ0) is 24.8. The normalized spacial score (nSPS) is 11.5. The predicted octanol–water partition coefficient (Wildman–Crippen LogP) is 6.86. The van der Waals surface area contributed by atoms with Crippen molar-refractivity contribution in [2.75, 3.05) is 7.11 Å². The number of hydrogen-bond donors (Lipinski definition) is 1. The van der Waals surface area contributed by atoms with Gasteiger partial charge in [0.2, 0.25) is 0 Å². The molecule has 0 saturated heterocycles. The second kappa shape index (κ2) is 11.2. The number of halogens is 1. The highest BCUT2D eigenvalue weighted by atomic mass is 35.5. The van der Waals surface area contributed by atoms with Gasteiger partial charge in [-0.05, 0) is 61.6 Å². The number of pyridine rings is 1. The maximum atomic E-state index is 13.2. The Morgan fingerprint density at radius 2 is 1.74 bits per heavy atom.